The normalized spacial score (nSPS) is 14.2. The summed E-state index contributed by atoms with van der Waals surface area (Å²) in [6.45, 7) is 4.70. The number of rotatable bonds is 11. The van der Waals surface area contributed by atoms with Gasteiger partial charge < -0.3 is 26.0 Å². The SMILES string of the molecule is CC(C)c1[nH]nc(C(=O)NC2CCN(S(=O)(=O)c3cccc(NC(=O)/C=C/CN(C)C)c3)CC2)c1NC(=O)c1c(Cl)cccc1Cl.O=C(O)C(F)(F)F. The quantitative estimate of drug-likeness (QED) is 0.159. The van der Waals surface area contributed by atoms with Gasteiger partial charge in [0.25, 0.3) is 11.8 Å². The van der Waals surface area contributed by atoms with Gasteiger partial charge in [0.1, 0.15) is 0 Å². The Morgan fingerprint density at radius 3 is 2.17 bits per heavy atom. The Hall–Kier alpha value is -4.49. The second-order valence-electron chi connectivity index (χ2n) is 12.2. The molecule has 0 saturated carbocycles. The molecule has 1 aromatic heterocycles. The summed E-state index contributed by atoms with van der Waals surface area (Å²) in [7, 11) is -0.0893. The number of nitrogens with one attached hydrogen (secondary N) is 4. The Labute approximate surface area is 313 Å². The van der Waals surface area contributed by atoms with Crippen LogP contribution in [0, 0.1) is 0 Å². The standard InChI is InChI=1S/C31H37Cl2N7O5S.C2HF3O2/c1-19(2)27-28(36-30(42)26-23(32)10-6-11-24(26)33)29(38-37-27)31(43)35-20-13-16-40(17-14-20)46(44,45)22-9-5-8-21(18-22)34-25(41)12-7-15-39(3)4;3-2(4,5)1(6)7/h5-12,18-20H,13-17H2,1-4H3,(H,34,41)(H,35,43)(H,36,42)(H,37,38);(H,6,7)/b12-7+;. The zero-order chi connectivity index (χ0) is 39.7. The fourth-order valence-electron chi connectivity index (χ4n) is 4.89. The lowest BCUT2D eigenvalue weighted by molar-refractivity contribution is -0.192. The molecule has 0 atom stereocenters. The van der Waals surface area contributed by atoms with E-state index < -0.39 is 34.0 Å². The van der Waals surface area contributed by atoms with Gasteiger partial charge >= 0.3 is 12.1 Å². The second-order valence-corrected chi connectivity index (χ2v) is 15.0. The molecule has 14 nitrogen and oxygen atoms in total. The van der Waals surface area contributed by atoms with Crippen molar-refractivity contribution in [2.24, 2.45) is 0 Å². The third-order valence-corrected chi connectivity index (χ3v) is 10.1. The number of H-pyrrole nitrogens is 1. The number of carbonyl (C=O) groups excluding carboxylic acids is 3. The number of nitrogens with zero attached hydrogens (tertiary/aromatic N) is 3. The Kier molecular flexibility index (Phi) is 15.0. The van der Waals surface area contributed by atoms with E-state index in [1.807, 2.05) is 32.8 Å². The Balaban J connectivity index is 0.000000980. The van der Waals surface area contributed by atoms with Crippen LogP contribution in [0.5, 0.6) is 0 Å². The number of aromatic amines is 1. The summed E-state index contributed by atoms with van der Waals surface area (Å²) in [6, 6.07) is 10.5. The average Bonchev–Trinajstić information content (AvgIpc) is 3.48. The number of carbonyl (C=O) groups is 4. The maximum atomic E-state index is 13.4. The molecule has 3 amide bonds. The third kappa shape index (κ3) is 12.0. The van der Waals surface area contributed by atoms with E-state index in [9.17, 15) is 36.0 Å². The highest BCUT2D eigenvalue weighted by Gasteiger charge is 2.38. The van der Waals surface area contributed by atoms with Crippen molar-refractivity contribution in [3.63, 3.8) is 0 Å². The number of sulfonamides is 1. The number of likely N-dealkylation sites (N-methyl/N-ethyl adjacent to an activating group) is 1. The van der Waals surface area contributed by atoms with E-state index in [1.54, 1.807) is 36.4 Å². The molecule has 5 N–H and O–H groups in total. The van der Waals surface area contributed by atoms with Crippen LogP contribution < -0.4 is 16.0 Å². The maximum Gasteiger partial charge on any atom is 0.490 e. The van der Waals surface area contributed by atoms with E-state index in [0.29, 0.717) is 30.8 Å². The van der Waals surface area contributed by atoms with Crippen molar-refractivity contribution in [2.75, 3.05) is 44.4 Å². The minimum atomic E-state index is -5.08. The number of carboxylic acids is 1. The molecule has 0 aliphatic carbocycles. The molecule has 1 aliphatic rings. The number of anilines is 2. The van der Waals surface area contributed by atoms with Crippen LogP contribution >= 0.6 is 23.2 Å². The van der Waals surface area contributed by atoms with Gasteiger partial charge in [0.2, 0.25) is 15.9 Å². The number of amides is 3. The monoisotopic (exact) mass is 803 g/mol. The van der Waals surface area contributed by atoms with Crippen molar-refractivity contribution < 1.29 is 45.9 Å². The fraction of sp³-hybridized carbons (Fsp3) is 0.364. The van der Waals surface area contributed by atoms with Gasteiger partial charge in [-0.2, -0.15) is 22.6 Å². The number of alkyl halides is 3. The molecule has 2 aromatic carbocycles. The molecule has 3 aromatic rings. The van der Waals surface area contributed by atoms with Gasteiger partial charge in [-0.25, -0.2) is 13.2 Å². The first kappa shape index (κ1) is 42.9. The highest BCUT2D eigenvalue weighted by Crippen LogP contribution is 2.30. The zero-order valence-electron chi connectivity index (χ0n) is 28.9. The first-order valence-corrected chi connectivity index (χ1v) is 18.1. The molecule has 0 bridgehead atoms. The molecule has 288 valence electrons. The van der Waals surface area contributed by atoms with Crippen LogP contribution in [0.4, 0.5) is 24.5 Å². The smallest absolute Gasteiger partial charge is 0.475 e. The Bertz CT molecular complexity index is 1930. The number of carboxylic acid groups (broad SMARTS) is 1. The molecule has 53 heavy (non-hydrogen) atoms. The number of aliphatic carboxylic acids is 1. The number of hydrogen-bond acceptors (Lipinski definition) is 8. The summed E-state index contributed by atoms with van der Waals surface area (Å²) in [5.74, 6) is -4.33. The van der Waals surface area contributed by atoms with E-state index in [2.05, 4.69) is 26.1 Å². The number of piperidine rings is 1. The Morgan fingerprint density at radius 1 is 1.04 bits per heavy atom. The van der Waals surface area contributed by atoms with Gasteiger partial charge in [-0.05, 0) is 63.2 Å². The highest BCUT2D eigenvalue weighted by atomic mass is 35.5. The molecule has 0 spiro atoms. The summed E-state index contributed by atoms with van der Waals surface area (Å²) in [5, 5.41) is 22.8. The van der Waals surface area contributed by atoms with Crippen LogP contribution in [-0.4, -0.2) is 103 Å². The lowest BCUT2D eigenvalue weighted by atomic mass is 10.1. The predicted octanol–water partition coefficient (Wildman–Crippen LogP) is 5.36. The molecule has 1 saturated heterocycles. The van der Waals surface area contributed by atoms with Crippen molar-refractivity contribution in [1.82, 2.24) is 24.7 Å². The number of aromatic nitrogens is 2. The second kappa shape index (κ2) is 18.5. The van der Waals surface area contributed by atoms with E-state index in [1.165, 1.54) is 22.5 Å². The summed E-state index contributed by atoms with van der Waals surface area (Å²) in [4.78, 5) is 49.6. The summed E-state index contributed by atoms with van der Waals surface area (Å²) >= 11 is 12.4. The molecule has 0 radical (unpaired) electrons. The Morgan fingerprint density at radius 2 is 1.62 bits per heavy atom. The van der Waals surface area contributed by atoms with E-state index >= 15 is 0 Å². The minimum Gasteiger partial charge on any atom is -0.475 e. The van der Waals surface area contributed by atoms with Crippen molar-refractivity contribution in [1.29, 1.82) is 0 Å². The lowest BCUT2D eigenvalue weighted by Crippen LogP contribution is -2.46. The van der Waals surface area contributed by atoms with Gasteiger partial charge in [0.05, 0.1) is 31.9 Å². The van der Waals surface area contributed by atoms with Gasteiger partial charge in [-0.1, -0.05) is 55.3 Å². The fourth-order valence-corrected chi connectivity index (χ4v) is 6.97. The van der Waals surface area contributed by atoms with Crippen LogP contribution in [-0.2, 0) is 19.6 Å². The van der Waals surface area contributed by atoms with Gasteiger partial charge in [0, 0.05) is 37.4 Å². The van der Waals surface area contributed by atoms with E-state index in [-0.39, 0.29) is 62.8 Å². The van der Waals surface area contributed by atoms with Crippen molar-refractivity contribution in [2.45, 2.75) is 49.7 Å². The summed E-state index contributed by atoms with van der Waals surface area (Å²) in [5.41, 5.74) is 1.19. The topological polar surface area (TPSA) is 194 Å². The van der Waals surface area contributed by atoms with Crippen LogP contribution in [0.1, 0.15) is 59.1 Å². The zero-order valence-corrected chi connectivity index (χ0v) is 31.3. The number of halogens is 5. The first-order valence-electron chi connectivity index (χ1n) is 15.9. The minimum absolute atomic E-state index is 0.00861. The maximum absolute atomic E-state index is 13.4. The molecule has 1 fully saturated rings. The summed E-state index contributed by atoms with van der Waals surface area (Å²) < 4.78 is 60.0. The van der Waals surface area contributed by atoms with Crippen LogP contribution in [0.2, 0.25) is 10.0 Å². The molecule has 4 rings (SSSR count). The predicted molar refractivity (Wildman–Crippen MR) is 193 cm³/mol. The molecule has 1 aliphatic heterocycles. The molecule has 2 heterocycles. The molecular weight excluding hydrogens is 766 g/mol. The van der Waals surface area contributed by atoms with E-state index in [0.717, 1.165) is 0 Å². The van der Waals surface area contributed by atoms with Crippen LogP contribution in [0.3, 0.4) is 0 Å². The molecule has 0 unspecified atom stereocenters. The van der Waals surface area contributed by atoms with E-state index in [4.69, 9.17) is 33.1 Å². The highest BCUT2D eigenvalue weighted by molar-refractivity contribution is 7.89. The van der Waals surface area contributed by atoms with Crippen molar-refractivity contribution in [3.05, 3.63) is 81.6 Å². The first-order chi connectivity index (χ1) is 24.7. The van der Waals surface area contributed by atoms with Gasteiger partial charge in [0.15, 0.2) is 5.69 Å². The van der Waals surface area contributed by atoms with Gasteiger partial charge in [-0.15, -0.1) is 0 Å². The largest absolute Gasteiger partial charge is 0.490 e. The molecular formula is C33H38Cl2F3N7O7S. The number of benzene rings is 2. The average molecular weight is 805 g/mol. The summed E-state index contributed by atoms with van der Waals surface area (Å²) in [6.07, 6.45) is -1.26. The third-order valence-electron chi connectivity index (χ3n) is 7.53. The lowest BCUT2D eigenvalue weighted by Gasteiger charge is -2.31. The number of hydrogen-bond donors (Lipinski definition) is 5. The van der Waals surface area contributed by atoms with Crippen molar-refractivity contribution in [3.8, 4) is 0 Å². The van der Waals surface area contributed by atoms with Crippen LogP contribution in [0.25, 0.3) is 0 Å². The van der Waals surface area contributed by atoms with Crippen LogP contribution in [0.15, 0.2) is 59.5 Å². The van der Waals surface area contributed by atoms with Gasteiger partial charge in [-0.3, -0.25) is 19.5 Å². The van der Waals surface area contributed by atoms with Crippen molar-refractivity contribution >= 4 is 68.3 Å². The molecule has 20 heteroatoms.